The van der Waals surface area contributed by atoms with Gasteiger partial charge in [0.05, 0.1) is 0 Å². The van der Waals surface area contributed by atoms with E-state index >= 15 is 0 Å². The van der Waals surface area contributed by atoms with Crippen LogP contribution in [-0.4, -0.2) is 25.5 Å². The Morgan fingerprint density at radius 1 is 1.50 bits per heavy atom. The highest BCUT2D eigenvalue weighted by atomic mass is 127. The third-order valence-corrected chi connectivity index (χ3v) is 3.65. The van der Waals surface area contributed by atoms with Crippen LogP contribution in [0.2, 0.25) is 5.15 Å². The van der Waals surface area contributed by atoms with E-state index in [-0.39, 0.29) is 22.6 Å². The van der Waals surface area contributed by atoms with E-state index in [1.165, 1.54) is 9.36 Å². The Morgan fingerprint density at radius 2 is 2.22 bits per heavy atom. The van der Waals surface area contributed by atoms with Crippen molar-refractivity contribution in [2.75, 3.05) is 5.43 Å². The van der Waals surface area contributed by atoms with Crippen molar-refractivity contribution in [1.82, 2.24) is 19.4 Å². The molecule has 2 heterocycles. The van der Waals surface area contributed by atoms with Gasteiger partial charge in [0.1, 0.15) is 3.70 Å². The average Bonchev–Trinajstić information content (AvgIpc) is 2.82. The van der Waals surface area contributed by atoms with Crippen LogP contribution in [0.3, 0.4) is 0 Å². The third kappa shape index (κ3) is 2.51. The quantitative estimate of drug-likeness (QED) is 0.824. The largest absolute Gasteiger partial charge is 0.320 e. The molecule has 0 aromatic carbocycles. The molecule has 2 rings (SSSR count). The SMILES string of the molecule is CC(C)Nn1c(I)c(Cl)nc(-n2cccn2)c1=O. The van der Waals surface area contributed by atoms with Gasteiger partial charge in [-0.2, -0.15) is 5.10 Å². The Balaban J connectivity index is 2.64. The predicted molar refractivity (Wildman–Crippen MR) is 77.8 cm³/mol. The molecule has 96 valence electrons. The van der Waals surface area contributed by atoms with Crippen molar-refractivity contribution >= 4 is 34.2 Å². The summed E-state index contributed by atoms with van der Waals surface area (Å²) in [6, 6.07) is 1.81. The fraction of sp³-hybridized carbons (Fsp3) is 0.300. The van der Waals surface area contributed by atoms with Gasteiger partial charge in [-0.15, -0.1) is 0 Å². The van der Waals surface area contributed by atoms with Gasteiger partial charge in [0.2, 0.25) is 5.82 Å². The van der Waals surface area contributed by atoms with Crippen molar-refractivity contribution in [2.24, 2.45) is 0 Å². The standard InChI is InChI=1S/C10H11ClIN5O/c1-6(2)15-17-8(12)7(11)14-9(10(17)18)16-5-3-4-13-16/h3-6,15H,1-2H3. The van der Waals surface area contributed by atoms with E-state index in [2.05, 4.69) is 15.5 Å². The number of hydrogen-bond acceptors (Lipinski definition) is 4. The third-order valence-electron chi connectivity index (χ3n) is 2.07. The summed E-state index contributed by atoms with van der Waals surface area (Å²) < 4.78 is 3.32. The molecule has 0 saturated carbocycles. The molecule has 8 heteroatoms. The van der Waals surface area contributed by atoms with E-state index in [1.807, 2.05) is 36.4 Å². The van der Waals surface area contributed by atoms with Gasteiger partial charge in [0, 0.05) is 18.4 Å². The van der Waals surface area contributed by atoms with Crippen molar-refractivity contribution in [3.63, 3.8) is 0 Å². The first kappa shape index (κ1) is 13.3. The highest BCUT2D eigenvalue weighted by Gasteiger charge is 2.15. The summed E-state index contributed by atoms with van der Waals surface area (Å²) in [6.45, 7) is 3.87. The first-order valence-electron chi connectivity index (χ1n) is 5.25. The highest BCUT2D eigenvalue weighted by Crippen LogP contribution is 2.14. The molecule has 0 radical (unpaired) electrons. The maximum Gasteiger partial charge on any atom is 0.315 e. The van der Waals surface area contributed by atoms with E-state index in [0.29, 0.717) is 3.70 Å². The Labute approximate surface area is 122 Å². The summed E-state index contributed by atoms with van der Waals surface area (Å²) in [5.41, 5.74) is 2.73. The van der Waals surface area contributed by atoms with E-state index in [4.69, 9.17) is 11.6 Å². The van der Waals surface area contributed by atoms with Crippen LogP contribution in [0.15, 0.2) is 23.3 Å². The lowest BCUT2D eigenvalue weighted by molar-refractivity contribution is 0.679. The summed E-state index contributed by atoms with van der Waals surface area (Å²) in [4.78, 5) is 16.4. The van der Waals surface area contributed by atoms with Crippen LogP contribution < -0.4 is 11.0 Å². The topological polar surface area (TPSA) is 64.7 Å². The van der Waals surface area contributed by atoms with Crippen LogP contribution in [0.1, 0.15) is 13.8 Å². The monoisotopic (exact) mass is 379 g/mol. The maximum atomic E-state index is 12.3. The van der Waals surface area contributed by atoms with Gasteiger partial charge < -0.3 is 5.43 Å². The van der Waals surface area contributed by atoms with Gasteiger partial charge in [0.25, 0.3) is 0 Å². The molecule has 1 N–H and O–H groups in total. The van der Waals surface area contributed by atoms with Crippen LogP contribution in [0.5, 0.6) is 0 Å². The lowest BCUT2D eigenvalue weighted by Gasteiger charge is -2.16. The van der Waals surface area contributed by atoms with Gasteiger partial charge >= 0.3 is 5.56 Å². The zero-order valence-corrected chi connectivity index (χ0v) is 12.7. The lowest BCUT2D eigenvalue weighted by Crippen LogP contribution is -2.37. The molecule has 0 amide bonds. The van der Waals surface area contributed by atoms with E-state index in [1.54, 1.807) is 18.5 Å². The number of rotatable bonds is 3. The predicted octanol–water partition coefficient (Wildman–Crippen LogP) is 1.64. The van der Waals surface area contributed by atoms with Crippen LogP contribution in [0.4, 0.5) is 0 Å². The van der Waals surface area contributed by atoms with Gasteiger partial charge in [0.15, 0.2) is 5.15 Å². The van der Waals surface area contributed by atoms with E-state index in [9.17, 15) is 4.79 Å². The van der Waals surface area contributed by atoms with Crippen LogP contribution in [0.25, 0.3) is 5.82 Å². The number of halogens is 2. The van der Waals surface area contributed by atoms with Crippen LogP contribution in [-0.2, 0) is 0 Å². The van der Waals surface area contributed by atoms with Gasteiger partial charge in [-0.05, 0) is 42.5 Å². The smallest absolute Gasteiger partial charge is 0.315 e. The molecule has 0 unspecified atom stereocenters. The molecule has 0 aliphatic rings. The molecule has 0 fully saturated rings. The molecule has 0 bridgehead atoms. The summed E-state index contributed by atoms with van der Waals surface area (Å²) in [5.74, 6) is 0.165. The fourth-order valence-electron chi connectivity index (χ4n) is 1.39. The van der Waals surface area contributed by atoms with Crippen molar-refractivity contribution < 1.29 is 0 Å². The maximum absolute atomic E-state index is 12.3. The molecular weight excluding hydrogens is 369 g/mol. The van der Waals surface area contributed by atoms with Crippen molar-refractivity contribution in [1.29, 1.82) is 0 Å². The number of hydrogen-bond donors (Lipinski definition) is 1. The molecule has 0 saturated heterocycles. The summed E-state index contributed by atoms with van der Waals surface area (Å²) in [5, 5.41) is 4.25. The Hall–Kier alpha value is -1.09. The van der Waals surface area contributed by atoms with Crippen molar-refractivity contribution in [3.05, 3.63) is 37.7 Å². The molecule has 6 nitrogen and oxygen atoms in total. The first-order valence-corrected chi connectivity index (χ1v) is 6.71. The fourth-order valence-corrected chi connectivity index (χ4v) is 2.03. The number of nitrogens with one attached hydrogen (secondary N) is 1. The zero-order valence-electron chi connectivity index (χ0n) is 9.76. The summed E-state index contributed by atoms with van der Waals surface area (Å²) in [6.07, 6.45) is 3.22. The Bertz CT molecular complexity index is 607. The van der Waals surface area contributed by atoms with Gasteiger partial charge in [-0.1, -0.05) is 11.6 Å². The second-order valence-electron chi connectivity index (χ2n) is 3.89. The average molecular weight is 380 g/mol. The minimum atomic E-state index is -0.291. The minimum Gasteiger partial charge on any atom is -0.320 e. The van der Waals surface area contributed by atoms with Gasteiger partial charge in [-0.3, -0.25) is 4.79 Å². The van der Waals surface area contributed by atoms with Crippen LogP contribution in [0, 0.1) is 3.70 Å². The number of aromatic nitrogens is 4. The molecule has 2 aromatic heterocycles. The van der Waals surface area contributed by atoms with E-state index < -0.39 is 0 Å². The summed E-state index contributed by atoms with van der Waals surface area (Å²) >= 11 is 8.01. The molecular formula is C10H11ClIN5O. The number of nitrogens with zero attached hydrogens (tertiary/aromatic N) is 4. The minimum absolute atomic E-state index is 0.0974. The molecule has 18 heavy (non-hydrogen) atoms. The summed E-state index contributed by atoms with van der Waals surface area (Å²) in [7, 11) is 0. The molecule has 2 aromatic rings. The zero-order chi connectivity index (χ0) is 13.3. The van der Waals surface area contributed by atoms with Crippen molar-refractivity contribution in [3.8, 4) is 5.82 Å². The highest BCUT2D eigenvalue weighted by molar-refractivity contribution is 14.1. The molecule has 0 aliphatic carbocycles. The normalized spacial score (nSPS) is 10.9. The molecule has 0 spiro atoms. The molecule has 0 aliphatic heterocycles. The second-order valence-corrected chi connectivity index (χ2v) is 5.27. The van der Waals surface area contributed by atoms with Crippen molar-refractivity contribution in [2.45, 2.75) is 19.9 Å². The Kier molecular flexibility index (Phi) is 3.91. The Morgan fingerprint density at radius 3 is 2.78 bits per heavy atom. The second kappa shape index (κ2) is 5.27. The van der Waals surface area contributed by atoms with Crippen LogP contribution >= 0.6 is 34.2 Å². The lowest BCUT2D eigenvalue weighted by atomic mass is 10.4. The first-order chi connectivity index (χ1) is 8.50. The molecule has 0 atom stereocenters. The van der Waals surface area contributed by atoms with E-state index in [0.717, 1.165) is 0 Å². The van der Waals surface area contributed by atoms with Gasteiger partial charge in [-0.25, -0.2) is 14.3 Å².